The van der Waals surface area contributed by atoms with Crippen LogP contribution in [0.5, 0.6) is 0 Å². The molecule has 0 aromatic carbocycles. The van der Waals surface area contributed by atoms with Crippen molar-refractivity contribution >= 4 is 12.4 Å². The van der Waals surface area contributed by atoms with Gasteiger partial charge in [0.1, 0.15) is 0 Å². The molecule has 0 radical (unpaired) electrons. The van der Waals surface area contributed by atoms with Gasteiger partial charge in [-0.1, -0.05) is 11.5 Å². The Morgan fingerprint density at radius 3 is 2.25 bits per heavy atom. The standard InChI is InChI=1S/C6H5BF4N/c1-4-5(7(9,10)11)2-3-6(8)12-4/h2-3H,1H3/q-1. The number of aromatic nitrogens is 1. The summed E-state index contributed by atoms with van der Waals surface area (Å²) in [4.78, 5) is 3.07. The van der Waals surface area contributed by atoms with Crippen LogP contribution in [0.25, 0.3) is 0 Å². The number of rotatable bonds is 1. The summed E-state index contributed by atoms with van der Waals surface area (Å²) in [6.07, 6.45) is 0. The largest absolute Gasteiger partial charge is 0.511 e. The summed E-state index contributed by atoms with van der Waals surface area (Å²) < 4.78 is 48.5. The van der Waals surface area contributed by atoms with Crippen molar-refractivity contribution < 1.29 is 17.3 Å². The molecular formula is C6H5BF4N-. The van der Waals surface area contributed by atoms with Gasteiger partial charge in [-0.2, -0.15) is 4.39 Å². The van der Waals surface area contributed by atoms with Crippen LogP contribution in [0.4, 0.5) is 17.3 Å². The van der Waals surface area contributed by atoms with Crippen molar-refractivity contribution in [1.82, 2.24) is 4.98 Å². The highest BCUT2D eigenvalue weighted by Crippen LogP contribution is 2.10. The van der Waals surface area contributed by atoms with Gasteiger partial charge >= 0.3 is 6.98 Å². The summed E-state index contributed by atoms with van der Waals surface area (Å²) >= 11 is 0. The van der Waals surface area contributed by atoms with Crippen LogP contribution in [0.1, 0.15) is 5.69 Å². The second-order valence-electron chi connectivity index (χ2n) is 2.38. The van der Waals surface area contributed by atoms with Gasteiger partial charge in [0.15, 0.2) is 0 Å². The molecule has 0 bridgehead atoms. The lowest BCUT2D eigenvalue weighted by atomic mass is 9.79. The molecular weight excluding hydrogens is 173 g/mol. The summed E-state index contributed by atoms with van der Waals surface area (Å²) in [7, 11) is 0. The van der Waals surface area contributed by atoms with Crippen LogP contribution in [-0.2, 0) is 0 Å². The van der Waals surface area contributed by atoms with E-state index in [4.69, 9.17) is 0 Å². The number of hydrogen-bond acceptors (Lipinski definition) is 1. The third kappa shape index (κ3) is 1.75. The number of pyridine rings is 1. The smallest absolute Gasteiger partial charge is 0.445 e. The van der Waals surface area contributed by atoms with Gasteiger partial charge in [0, 0.05) is 5.69 Å². The summed E-state index contributed by atoms with van der Waals surface area (Å²) in [5.74, 6) is -0.892. The first-order chi connectivity index (χ1) is 5.41. The molecule has 0 aliphatic rings. The minimum absolute atomic E-state index is 0.317. The first kappa shape index (κ1) is 9.03. The predicted octanol–water partition coefficient (Wildman–Crippen LogP) is 1.58. The first-order valence-corrected chi connectivity index (χ1v) is 3.24. The van der Waals surface area contributed by atoms with E-state index in [9.17, 15) is 17.3 Å². The average molecular weight is 178 g/mol. The maximum absolute atomic E-state index is 12.3. The Morgan fingerprint density at radius 2 is 1.83 bits per heavy atom. The molecule has 1 aromatic heterocycles. The van der Waals surface area contributed by atoms with Gasteiger partial charge in [0.2, 0.25) is 5.95 Å². The zero-order valence-corrected chi connectivity index (χ0v) is 6.19. The molecule has 0 spiro atoms. The molecule has 1 rings (SSSR count). The van der Waals surface area contributed by atoms with Crippen molar-refractivity contribution in [2.75, 3.05) is 0 Å². The molecule has 0 unspecified atom stereocenters. The van der Waals surface area contributed by atoms with E-state index in [1.54, 1.807) is 0 Å². The van der Waals surface area contributed by atoms with Crippen LogP contribution in [0, 0.1) is 12.9 Å². The minimum Gasteiger partial charge on any atom is -0.445 e. The molecule has 1 nitrogen and oxygen atoms in total. The van der Waals surface area contributed by atoms with E-state index < -0.39 is 18.4 Å². The van der Waals surface area contributed by atoms with Gasteiger partial charge in [-0.3, -0.25) is 0 Å². The van der Waals surface area contributed by atoms with Crippen LogP contribution in [0.3, 0.4) is 0 Å². The fraction of sp³-hybridized carbons (Fsp3) is 0.167. The monoisotopic (exact) mass is 178 g/mol. The van der Waals surface area contributed by atoms with E-state index in [0.29, 0.717) is 12.1 Å². The lowest BCUT2D eigenvalue weighted by Crippen LogP contribution is -2.36. The number of hydrogen-bond donors (Lipinski definition) is 0. The molecule has 1 aromatic rings. The zero-order chi connectivity index (χ0) is 9.35. The highest BCUT2D eigenvalue weighted by molar-refractivity contribution is 6.73. The lowest BCUT2D eigenvalue weighted by molar-refractivity contribution is 0.499. The van der Waals surface area contributed by atoms with Crippen molar-refractivity contribution in [2.24, 2.45) is 0 Å². The Labute approximate surface area is 66.5 Å². The third-order valence-corrected chi connectivity index (χ3v) is 1.45. The molecule has 0 aliphatic heterocycles. The van der Waals surface area contributed by atoms with Crippen LogP contribution < -0.4 is 5.46 Å². The molecule has 6 heteroatoms. The second-order valence-corrected chi connectivity index (χ2v) is 2.38. The van der Waals surface area contributed by atoms with E-state index in [2.05, 4.69) is 4.98 Å². The van der Waals surface area contributed by atoms with Gasteiger partial charge in [0.25, 0.3) is 0 Å². The molecule has 0 atom stereocenters. The predicted molar refractivity (Wildman–Crippen MR) is 37.6 cm³/mol. The highest BCUT2D eigenvalue weighted by atomic mass is 19.4. The summed E-state index contributed by atoms with van der Waals surface area (Å²) in [5.41, 5.74) is -1.15. The van der Waals surface area contributed by atoms with Gasteiger partial charge in [-0.15, -0.1) is 0 Å². The molecule has 1 heterocycles. The normalized spacial score (nSPS) is 11.8. The van der Waals surface area contributed by atoms with Crippen LogP contribution in [-0.4, -0.2) is 12.0 Å². The van der Waals surface area contributed by atoms with Crippen molar-refractivity contribution in [3.8, 4) is 0 Å². The van der Waals surface area contributed by atoms with E-state index in [-0.39, 0.29) is 5.69 Å². The van der Waals surface area contributed by atoms with Gasteiger partial charge in [-0.05, 0) is 13.0 Å². The highest BCUT2D eigenvalue weighted by Gasteiger charge is 2.27. The molecule has 0 aliphatic carbocycles. The van der Waals surface area contributed by atoms with E-state index in [1.165, 1.54) is 0 Å². The average Bonchev–Trinajstić information content (AvgIpc) is 1.83. The molecule has 0 saturated heterocycles. The quantitative estimate of drug-likeness (QED) is 0.361. The summed E-state index contributed by atoms with van der Waals surface area (Å²) in [6.45, 7) is -3.94. The van der Waals surface area contributed by atoms with Crippen LogP contribution in [0.15, 0.2) is 12.1 Å². The Bertz CT molecular complexity index is 296. The van der Waals surface area contributed by atoms with Gasteiger partial charge in [-0.25, -0.2) is 4.98 Å². The van der Waals surface area contributed by atoms with Crippen molar-refractivity contribution in [2.45, 2.75) is 6.92 Å². The van der Waals surface area contributed by atoms with Gasteiger partial charge in [0.05, 0.1) is 0 Å². The minimum atomic E-state index is -5.07. The number of aryl methyl sites for hydroxylation is 1. The molecule has 12 heavy (non-hydrogen) atoms. The topological polar surface area (TPSA) is 12.9 Å². The molecule has 0 fully saturated rings. The number of nitrogens with zero attached hydrogens (tertiary/aromatic N) is 1. The summed E-state index contributed by atoms with van der Waals surface area (Å²) in [5, 5.41) is 0. The fourth-order valence-electron chi connectivity index (χ4n) is 0.887. The van der Waals surface area contributed by atoms with Crippen molar-refractivity contribution in [1.29, 1.82) is 0 Å². The molecule has 0 N–H and O–H groups in total. The van der Waals surface area contributed by atoms with Crippen LogP contribution in [0.2, 0.25) is 0 Å². The number of halogens is 4. The van der Waals surface area contributed by atoms with Crippen molar-refractivity contribution in [3.05, 3.63) is 23.8 Å². The SMILES string of the molecule is Cc1nc(F)ccc1[B-](F)(F)F. The maximum atomic E-state index is 12.3. The molecule has 0 saturated carbocycles. The van der Waals surface area contributed by atoms with Gasteiger partial charge < -0.3 is 12.9 Å². The Balaban J connectivity index is 3.19. The van der Waals surface area contributed by atoms with E-state index >= 15 is 0 Å². The van der Waals surface area contributed by atoms with Crippen LogP contribution >= 0.6 is 0 Å². The van der Waals surface area contributed by atoms with Crippen molar-refractivity contribution in [3.63, 3.8) is 0 Å². The Kier molecular flexibility index (Phi) is 2.08. The second kappa shape index (κ2) is 2.77. The Morgan fingerprint density at radius 1 is 1.25 bits per heavy atom. The third-order valence-electron chi connectivity index (χ3n) is 1.45. The van der Waals surface area contributed by atoms with E-state index in [1.807, 2.05) is 0 Å². The Hall–Kier alpha value is -1.07. The lowest BCUT2D eigenvalue weighted by Gasteiger charge is -2.16. The first-order valence-electron chi connectivity index (χ1n) is 3.24. The molecule has 0 amide bonds. The zero-order valence-electron chi connectivity index (χ0n) is 6.19. The van der Waals surface area contributed by atoms with E-state index in [0.717, 1.165) is 6.92 Å². The molecule has 66 valence electrons. The summed E-state index contributed by atoms with van der Waals surface area (Å²) in [6, 6.07) is 1.41. The fourth-order valence-corrected chi connectivity index (χ4v) is 0.887. The maximum Gasteiger partial charge on any atom is 0.511 e.